The first-order chi connectivity index (χ1) is 9.81. The molecule has 1 unspecified atom stereocenters. The van der Waals surface area contributed by atoms with Gasteiger partial charge in [0, 0.05) is 6.61 Å². The molecular formula is C14H15N3O3. The maximum Gasteiger partial charge on any atom is 0.322 e. The highest BCUT2D eigenvalue weighted by atomic mass is 16.5. The first-order valence-electron chi connectivity index (χ1n) is 6.60. The zero-order valence-corrected chi connectivity index (χ0v) is 10.9. The van der Waals surface area contributed by atoms with E-state index in [-0.39, 0.29) is 24.4 Å². The minimum absolute atomic E-state index is 0.122. The summed E-state index contributed by atoms with van der Waals surface area (Å²) < 4.78 is 10.8. The van der Waals surface area contributed by atoms with Gasteiger partial charge in [-0.05, 0) is 18.4 Å². The predicted molar refractivity (Wildman–Crippen MR) is 71.0 cm³/mol. The number of nitrogens with one attached hydrogen (secondary N) is 1. The molecule has 1 amide bonds. The van der Waals surface area contributed by atoms with Crippen LogP contribution in [0.3, 0.4) is 0 Å². The number of carbonyl (C=O) groups is 1. The van der Waals surface area contributed by atoms with Crippen LogP contribution < -0.4 is 5.32 Å². The number of ether oxygens (including phenoxy) is 1. The second-order valence-electron chi connectivity index (χ2n) is 4.66. The highest BCUT2D eigenvalue weighted by molar-refractivity contribution is 5.90. The number of aromatic nitrogens is 2. The van der Waals surface area contributed by atoms with Crippen LogP contribution in [-0.2, 0) is 16.0 Å². The van der Waals surface area contributed by atoms with Crippen molar-refractivity contribution in [2.75, 3.05) is 11.9 Å². The second-order valence-corrected chi connectivity index (χ2v) is 4.66. The lowest BCUT2D eigenvalue weighted by Gasteiger charge is -2.02. The Kier molecular flexibility index (Phi) is 3.73. The summed E-state index contributed by atoms with van der Waals surface area (Å²) in [5.74, 6) is 0.247. The average molecular weight is 273 g/mol. The lowest BCUT2D eigenvalue weighted by atomic mass is 10.1. The van der Waals surface area contributed by atoms with Gasteiger partial charge in [0.2, 0.25) is 11.8 Å². The van der Waals surface area contributed by atoms with Crippen LogP contribution in [-0.4, -0.2) is 22.7 Å². The van der Waals surface area contributed by atoms with E-state index in [1.54, 1.807) is 0 Å². The van der Waals surface area contributed by atoms with E-state index in [9.17, 15) is 4.79 Å². The fraction of sp³-hybridized carbons (Fsp3) is 0.357. The Bertz CT molecular complexity index is 576. The zero-order valence-electron chi connectivity index (χ0n) is 10.9. The molecule has 0 aliphatic carbocycles. The molecular weight excluding hydrogens is 258 g/mol. The minimum Gasteiger partial charge on any atom is -0.405 e. The fourth-order valence-electron chi connectivity index (χ4n) is 2.13. The highest BCUT2D eigenvalue weighted by Gasteiger charge is 2.23. The number of hydrogen-bond donors (Lipinski definition) is 1. The third-order valence-corrected chi connectivity index (χ3v) is 3.10. The van der Waals surface area contributed by atoms with Gasteiger partial charge in [0.15, 0.2) is 0 Å². The van der Waals surface area contributed by atoms with E-state index in [1.165, 1.54) is 0 Å². The summed E-state index contributed by atoms with van der Waals surface area (Å²) in [5.41, 5.74) is 0.934. The van der Waals surface area contributed by atoms with E-state index in [4.69, 9.17) is 9.15 Å². The third kappa shape index (κ3) is 3.03. The molecule has 2 heterocycles. The first-order valence-corrected chi connectivity index (χ1v) is 6.60. The van der Waals surface area contributed by atoms with Crippen LogP contribution >= 0.6 is 0 Å². The zero-order chi connectivity index (χ0) is 13.8. The van der Waals surface area contributed by atoms with Crippen molar-refractivity contribution in [3.8, 4) is 0 Å². The Morgan fingerprint density at radius 3 is 2.90 bits per heavy atom. The van der Waals surface area contributed by atoms with Crippen molar-refractivity contribution < 1.29 is 13.9 Å². The smallest absolute Gasteiger partial charge is 0.322 e. The SMILES string of the molecule is O=C(Cc1ccccc1)Nc1nnc(C2CCCO2)o1. The second kappa shape index (κ2) is 5.83. The minimum atomic E-state index is -0.182. The van der Waals surface area contributed by atoms with E-state index in [0.717, 1.165) is 18.4 Å². The van der Waals surface area contributed by atoms with Crippen molar-refractivity contribution in [3.63, 3.8) is 0 Å². The van der Waals surface area contributed by atoms with Gasteiger partial charge in [0.25, 0.3) is 0 Å². The molecule has 20 heavy (non-hydrogen) atoms. The quantitative estimate of drug-likeness (QED) is 0.923. The van der Waals surface area contributed by atoms with E-state index in [0.29, 0.717) is 12.5 Å². The molecule has 1 aromatic heterocycles. The first kappa shape index (κ1) is 12.8. The number of hydrogen-bond acceptors (Lipinski definition) is 5. The molecule has 0 saturated carbocycles. The van der Waals surface area contributed by atoms with Crippen molar-refractivity contribution >= 4 is 11.9 Å². The summed E-state index contributed by atoms with van der Waals surface area (Å²) in [6, 6.07) is 9.61. The topological polar surface area (TPSA) is 77.2 Å². The Morgan fingerprint density at radius 1 is 1.30 bits per heavy atom. The third-order valence-electron chi connectivity index (χ3n) is 3.10. The number of anilines is 1. The van der Waals surface area contributed by atoms with Crippen LogP contribution in [0, 0.1) is 0 Å². The van der Waals surface area contributed by atoms with Crippen LogP contribution in [0.25, 0.3) is 0 Å². The monoisotopic (exact) mass is 273 g/mol. The van der Waals surface area contributed by atoms with Gasteiger partial charge in [0.1, 0.15) is 6.10 Å². The van der Waals surface area contributed by atoms with Crippen molar-refractivity contribution in [1.29, 1.82) is 0 Å². The van der Waals surface area contributed by atoms with Crippen molar-refractivity contribution in [3.05, 3.63) is 41.8 Å². The highest BCUT2D eigenvalue weighted by Crippen LogP contribution is 2.28. The van der Waals surface area contributed by atoms with E-state index < -0.39 is 0 Å². The number of amides is 1. The van der Waals surface area contributed by atoms with Gasteiger partial charge in [-0.2, -0.15) is 0 Å². The summed E-state index contributed by atoms with van der Waals surface area (Å²) in [6.07, 6.45) is 2.00. The van der Waals surface area contributed by atoms with Gasteiger partial charge in [-0.1, -0.05) is 35.4 Å². The van der Waals surface area contributed by atoms with Gasteiger partial charge < -0.3 is 9.15 Å². The van der Waals surface area contributed by atoms with Crippen LogP contribution in [0.5, 0.6) is 0 Å². The van der Waals surface area contributed by atoms with Crippen LogP contribution in [0.2, 0.25) is 0 Å². The summed E-state index contributed by atoms with van der Waals surface area (Å²) in [6.45, 7) is 0.711. The summed E-state index contributed by atoms with van der Waals surface area (Å²) >= 11 is 0. The molecule has 1 aromatic carbocycles. The molecule has 1 aliphatic rings. The molecule has 1 N–H and O–H groups in total. The summed E-state index contributed by atoms with van der Waals surface area (Å²) in [4.78, 5) is 11.8. The maximum absolute atomic E-state index is 11.8. The molecule has 0 bridgehead atoms. The molecule has 1 aliphatic heterocycles. The van der Waals surface area contributed by atoms with Gasteiger partial charge in [-0.3, -0.25) is 10.1 Å². The Balaban J connectivity index is 1.59. The molecule has 1 fully saturated rings. The molecule has 6 nitrogen and oxygen atoms in total. The lowest BCUT2D eigenvalue weighted by Crippen LogP contribution is -2.14. The van der Waals surface area contributed by atoms with Crippen molar-refractivity contribution in [2.24, 2.45) is 0 Å². The average Bonchev–Trinajstić information content (AvgIpc) is 3.10. The molecule has 2 aromatic rings. The van der Waals surface area contributed by atoms with Gasteiger partial charge in [-0.25, -0.2) is 0 Å². The standard InChI is InChI=1S/C14H15N3O3/c18-12(9-10-5-2-1-3-6-10)15-14-17-16-13(20-14)11-7-4-8-19-11/h1-3,5-6,11H,4,7-9H2,(H,15,17,18). The van der Waals surface area contributed by atoms with Crippen LogP contribution in [0.1, 0.15) is 30.4 Å². The molecule has 6 heteroatoms. The van der Waals surface area contributed by atoms with Gasteiger partial charge >= 0.3 is 6.01 Å². The predicted octanol–water partition coefficient (Wildman–Crippen LogP) is 2.10. The van der Waals surface area contributed by atoms with Gasteiger partial charge in [0.05, 0.1) is 6.42 Å². The van der Waals surface area contributed by atoms with Crippen LogP contribution in [0.15, 0.2) is 34.7 Å². The van der Waals surface area contributed by atoms with Crippen molar-refractivity contribution in [2.45, 2.75) is 25.4 Å². The Morgan fingerprint density at radius 2 is 2.15 bits per heavy atom. The van der Waals surface area contributed by atoms with E-state index in [2.05, 4.69) is 15.5 Å². The number of rotatable bonds is 4. The molecule has 1 atom stereocenters. The Labute approximate surface area is 116 Å². The van der Waals surface area contributed by atoms with Crippen molar-refractivity contribution in [1.82, 2.24) is 10.2 Å². The van der Waals surface area contributed by atoms with E-state index in [1.807, 2.05) is 30.3 Å². The normalized spacial score (nSPS) is 18.1. The largest absolute Gasteiger partial charge is 0.405 e. The molecule has 1 saturated heterocycles. The van der Waals surface area contributed by atoms with E-state index >= 15 is 0 Å². The number of nitrogens with zero attached hydrogens (tertiary/aromatic N) is 2. The van der Waals surface area contributed by atoms with Crippen LogP contribution in [0.4, 0.5) is 6.01 Å². The molecule has 3 rings (SSSR count). The molecule has 104 valence electrons. The fourth-order valence-corrected chi connectivity index (χ4v) is 2.13. The summed E-state index contributed by atoms with van der Waals surface area (Å²) in [7, 11) is 0. The number of benzene rings is 1. The number of carbonyl (C=O) groups excluding carboxylic acids is 1. The summed E-state index contributed by atoms with van der Waals surface area (Å²) in [5, 5.41) is 10.3. The Hall–Kier alpha value is -2.21. The van der Waals surface area contributed by atoms with Gasteiger partial charge in [-0.15, -0.1) is 5.10 Å². The lowest BCUT2D eigenvalue weighted by molar-refractivity contribution is -0.115. The molecule has 0 spiro atoms. The molecule has 0 radical (unpaired) electrons. The maximum atomic E-state index is 11.8.